The van der Waals surface area contributed by atoms with Gasteiger partial charge in [0.05, 0.1) is 6.54 Å². The second kappa shape index (κ2) is 3.73. The Balaban J connectivity index is 2.52. The molecule has 6 heteroatoms. The molecule has 0 saturated carbocycles. The third-order valence-electron chi connectivity index (χ3n) is 1.42. The molecule has 1 rings (SSSR count). The number of aryl methyl sites for hydroxylation is 1. The minimum absolute atomic E-state index is 0.00625. The summed E-state index contributed by atoms with van der Waals surface area (Å²) in [6.07, 6.45) is 0. The fourth-order valence-electron chi connectivity index (χ4n) is 0.799. The predicted octanol–water partition coefficient (Wildman–Crippen LogP) is 1.37. The smallest absolute Gasteiger partial charge is 0.273 e. The lowest BCUT2D eigenvalue weighted by atomic mass is 10.3. The van der Waals surface area contributed by atoms with Crippen molar-refractivity contribution in [3.63, 3.8) is 0 Å². The molecule has 0 unspecified atom stereocenters. The van der Waals surface area contributed by atoms with Crippen molar-refractivity contribution in [1.82, 2.24) is 10.5 Å². The van der Waals surface area contributed by atoms with Crippen molar-refractivity contribution < 1.29 is 18.1 Å². The maximum atomic E-state index is 12.3. The molecule has 0 aliphatic heterocycles. The molecule has 0 bridgehead atoms. The van der Waals surface area contributed by atoms with Crippen molar-refractivity contribution in [2.75, 3.05) is 6.54 Å². The predicted molar refractivity (Wildman–Crippen MR) is 44.2 cm³/mol. The lowest BCUT2D eigenvalue weighted by Gasteiger charge is -2.09. The Labute approximate surface area is 79.3 Å². The van der Waals surface area contributed by atoms with E-state index in [2.05, 4.69) is 9.68 Å². The zero-order chi connectivity index (χ0) is 10.8. The highest BCUT2D eigenvalue weighted by Crippen LogP contribution is 2.09. The van der Waals surface area contributed by atoms with Crippen molar-refractivity contribution in [3.05, 3.63) is 17.5 Å². The molecule has 1 aromatic rings. The minimum atomic E-state index is -2.92. The van der Waals surface area contributed by atoms with Crippen LogP contribution >= 0.6 is 0 Å². The maximum Gasteiger partial charge on any atom is 0.273 e. The summed E-state index contributed by atoms with van der Waals surface area (Å²) in [7, 11) is 0. The second-order valence-corrected chi connectivity index (χ2v) is 3.08. The second-order valence-electron chi connectivity index (χ2n) is 3.08. The maximum absolute atomic E-state index is 12.3. The molecule has 4 nitrogen and oxygen atoms in total. The van der Waals surface area contributed by atoms with Gasteiger partial charge in [0.15, 0.2) is 5.69 Å². The highest BCUT2D eigenvalue weighted by molar-refractivity contribution is 5.92. The van der Waals surface area contributed by atoms with Crippen LogP contribution in [0.15, 0.2) is 10.6 Å². The van der Waals surface area contributed by atoms with Gasteiger partial charge >= 0.3 is 0 Å². The van der Waals surface area contributed by atoms with Crippen LogP contribution in [0.1, 0.15) is 23.2 Å². The SMILES string of the molecule is Cc1cc(C(=O)NCC(C)(F)F)no1. The first-order chi connectivity index (χ1) is 6.38. The van der Waals surface area contributed by atoms with E-state index in [1.54, 1.807) is 6.92 Å². The van der Waals surface area contributed by atoms with Gasteiger partial charge in [0.25, 0.3) is 11.8 Å². The molecule has 0 aliphatic carbocycles. The van der Waals surface area contributed by atoms with E-state index in [9.17, 15) is 13.6 Å². The molecule has 0 atom stereocenters. The van der Waals surface area contributed by atoms with Gasteiger partial charge in [-0.2, -0.15) is 0 Å². The molecule has 1 N–H and O–H groups in total. The summed E-state index contributed by atoms with van der Waals surface area (Å²) in [6, 6.07) is 1.38. The number of amides is 1. The summed E-state index contributed by atoms with van der Waals surface area (Å²) in [4.78, 5) is 11.1. The van der Waals surface area contributed by atoms with Crippen molar-refractivity contribution in [2.24, 2.45) is 0 Å². The number of hydrogen-bond acceptors (Lipinski definition) is 3. The summed E-state index contributed by atoms with van der Waals surface area (Å²) in [5.74, 6) is -3.13. The van der Waals surface area contributed by atoms with Crippen LogP contribution in [0.3, 0.4) is 0 Å². The summed E-state index contributed by atoms with van der Waals surface area (Å²) in [6.45, 7) is 1.62. The normalized spacial score (nSPS) is 11.4. The third-order valence-corrected chi connectivity index (χ3v) is 1.42. The number of aromatic nitrogens is 1. The van der Waals surface area contributed by atoms with Crippen LogP contribution in [-0.2, 0) is 0 Å². The molecule has 0 aromatic carbocycles. The van der Waals surface area contributed by atoms with Crippen LogP contribution in [0.4, 0.5) is 8.78 Å². The number of halogens is 2. The van der Waals surface area contributed by atoms with Crippen molar-refractivity contribution in [1.29, 1.82) is 0 Å². The van der Waals surface area contributed by atoms with E-state index in [1.807, 2.05) is 5.32 Å². The Morgan fingerprint density at radius 3 is 2.79 bits per heavy atom. The molecule has 0 saturated heterocycles. The van der Waals surface area contributed by atoms with Crippen LogP contribution in [-0.4, -0.2) is 23.5 Å². The van der Waals surface area contributed by atoms with Gasteiger partial charge in [-0.25, -0.2) is 8.78 Å². The molecule has 0 radical (unpaired) electrons. The Kier molecular flexibility index (Phi) is 2.83. The van der Waals surface area contributed by atoms with Crippen molar-refractivity contribution >= 4 is 5.91 Å². The summed E-state index contributed by atoms with van der Waals surface area (Å²) >= 11 is 0. The standard InChI is InChI=1S/C8H10F2N2O2/c1-5-3-6(12-14-5)7(13)11-4-8(2,9)10/h3H,4H2,1-2H3,(H,11,13). The van der Waals surface area contributed by atoms with Crippen LogP contribution in [0.5, 0.6) is 0 Å². The van der Waals surface area contributed by atoms with Gasteiger partial charge in [-0.1, -0.05) is 5.16 Å². The zero-order valence-corrected chi connectivity index (χ0v) is 7.80. The van der Waals surface area contributed by atoms with Crippen LogP contribution in [0, 0.1) is 6.92 Å². The lowest BCUT2D eigenvalue weighted by Crippen LogP contribution is -2.34. The Hall–Kier alpha value is -1.46. The number of carbonyl (C=O) groups is 1. The van der Waals surface area contributed by atoms with E-state index in [0.29, 0.717) is 5.76 Å². The molecule has 0 spiro atoms. The molecule has 78 valence electrons. The Morgan fingerprint density at radius 2 is 2.36 bits per heavy atom. The van der Waals surface area contributed by atoms with Gasteiger partial charge in [-0.3, -0.25) is 4.79 Å². The van der Waals surface area contributed by atoms with Crippen LogP contribution in [0.25, 0.3) is 0 Å². The van der Waals surface area contributed by atoms with Gasteiger partial charge in [0, 0.05) is 13.0 Å². The molecule has 1 amide bonds. The first kappa shape index (κ1) is 10.6. The van der Waals surface area contributed by atoms with Gasteiger partial charge < -0.3 is 9.84 Å². The number of carbonyl (C=O) groups excluding carboxylic acids is 1. The van der Waals surface area contributed by atoms with E-state index < -0.39 is 18.4 Å². The Bertz CT molecular complexity index is 330. The average Bonchev–Trinajstić information content (AvgIpc) is 2.46. The molecular weight excluding hydrogens is 194 g/mol. The molecule has 1 heterocycles. The Morgan fingerprint density at radius 1 is 1.71 bits per heavy atom. The van der Waals surface area contributed by atoms with Gasteiger partial charge in [0.1, 0.15) is 5.76 Å². The zero-order valence-electron chi connectivity index (χ0n) is 7.80. The quantitative estimate of drug-likeness (QED) is 0.808. The van der Waals surface area contributed by atoms with Crippen LogP contribution in [0.2, 0.25) is 0 Å². The highest BCUT2D eigenvalue weighted by atomic mass is 19.3. The van der Waals surface area contributed by atoms with E-state index >= 15 is 0 Å². The topological polar surface area (TPSA) is 55.1 Å². The summed E-state index contributed by atoms with van der Waals surface area (Å²) in [5.41, 5.74) is 0.00625. The van der Waals surface area contributed by atoms with Crippen LogP contribution < -0.4 is 5.32 Å². The average molecular weight is 204 g/mol. The largest absolute Gasteiger partial charge is 0.361 e. The summed E-state index contributed by atoms with van der Waals surface area (Å²) in [5, 5.41) is 5.43. The molecule has 0 aliphatic rings. The van der Waals surface area contributed by atoms with Gasteiger partial charge in [0.2, 0.25) is 0 Å². The summed E-state index contributed by atoms with van der Waals surface area (Å²) < 4.78 is 29.3. The number of nitrogens with one attached hydrogen (secondary N) is 1. The van der Waals surface area contributed by atoms with E-state index in [4.69, 9.17) is 0 Å². The van der Waals surface area contributed by atoms with E-state index in [0.717, 1.165) is 6.92 Å². The molecule has 0 fully saturated rings. The number of rotatable bonds is 3. The van der Waals surface area contributed by atoms with Gasteiger partial charge in [-0.05, 0) is 6.92 Å². The fourth-order valence-corrected chi connectivity index (χ4v) is 0.799. The third kappa shape index (κ3) is 3.12. The van der Waals surface area contributed by atoms with Crippen molar-refractivity contribution in [3.8, 4) is 0 Å². The van der Waals surface area contributed by atoms with E-state index in [1.165, 1.54) is 6.07 Å². The number of hydrogen-bond donors (Lipinski definition) is 1. The number of alkyl halides is 2. The number of nitrogens with zero attached hydrogens (tertiary/aromatic N) is 1. The van der Waals surface area contributed by atoms with E-state index in [-0.39, 0.29) is 5.69 Å². The van der Waals surface area contributed by atoms with Gasteiger partial charge in [-0.15, -0.1) is 0 Å². The monoisotopic (exact) mass is 204 g/mol. The lowest BCUT2D eigenvalue weighted by molar-refractivity contribution is 0.0219. The fraction of sp³-hybridized carbons (Fsp3) is 0.500. The molecule has 14 heavy (non-hydrogen) atoms. The first-order valence-electron chi connectivity index (χ1n) is 3.98. The van der Waals surface area contributed by atoms with Crippen molar-refractivity contribution in [2.45, 2.75) is 19.8 Å². The molecule has 1 aromatic heterocycles. The first-order valence-corrected chi connectivity index (χ1v) is 3.98. The highest BCUT2D eigenvalue weighted by Gasteiger charge is 2.22. The molecular formula is C8H10F2N2O2. The minimum Gasteiger partial charge on any atom is -0.361 e.